The fourth-order valence-corrected chi connectivity index (χ4v) is 5.81. The minimum atomic E-state index is -4.15. The van der Waals surface area contributed by atoms with Crippen LogP contribution in [0.15, 0.2) is 88.2 Å². The Labute approximate surface area is 225 Å². The van der Waals surface area contributed by atoms with E-state index in [2.05, 4.69) is 21.2 Å². The van der Waals surface area contributed by atoms with Crippen molar-refractivity contribution in [1.29, 1.82) is 0 Å². The van der Waals surface area contributed by atoms with E-state index in [1.165, 1.54) is 17.0 Å². The van der Waals surface area contributed by atoms with E-state index >= 15 is 0 Å². The highest BCUT2D eigenvalue weighted by molar-refractivity contribution is 9.10. The van der Waals surface area contributed by atoms with Gasteiger partial charge in [0.25, 0.3) is 10.0 Å². The monoisotopic (exact) mass is 591 g/mol. The van der Waals surface area contributed by atoms with Crippen molar-refractivity contribution in [2.24, 2.45) is 0 Å². The predicted molar refractivity (Wildman–Crippen MR) is 145 cm³/mol. The molecule has 36 heavy (non-hydrogen) atoms. The molecule has 1 atom stereocenters. The number of amides is 2. The standard InChI is InChI=1S/C26H27BrClN3O4S/c1-3-29-26(33)19(2)30(17-20-10-9-11-21(27)16-20)25(32)18-31(24-15-8-7-14-23(24)28)36(34,35)22-12-5-4-6-13-22/h4-16,19H,3,17-18H2,1-2H3,(H,29,33)/t19-/m1/s1. The number of para-hydroxylation sites is 1. The number of likely N-dealkylation sites (N-methyl/N-ethyl adjacent to an activating group) is 1. The summed E-state index contributed by atoms with van der Waals surface area (Å²) in [5.41, 5.74) is 0.952. The summed E-state index contributed by atoms with van der Waals surface area (Å²) in [6.45, 7) is 3.37. The Bertz CT molecular complexity index is 1320. The lowest BCUT2D eigenvalue weighted by atomic mass is 10.1. The van der Waals surface area contributed by atoms with E-state index in [1.807, 2.05) is 24.3 Å². The second-order valence-electron chi connectivity index (χ2n) is 8.00. The molecule has 0 aromatic heterocycles. The number of hydrogen-bond acceptors (Lipinski definition) is 4. The molecule has 0 aliphatic carbocycles. The number of carbonyl (C=O) groups is 2. The highest BCUT2D eigenvalue weighted by Gasteiger charge is 2.33. The van der Waals surface area contributed by atoms with Gasteiger partial charge in [-0.15, -0.1) is 0 Å². The van der Waals surface area contributed by atoms with E-state index in [0.717, 1.165) is 14.3 Å². The van der Waals surface area contributed by atoms with Crippen molar-refractivity contribution in [2.75, 3.05) is 17.4 Å². The third-order valence-corrected chi connectivity index (χ3v) is 8.08. The number of hydrogen-bond donors (Lipinski definition) is 1. The van der Waals surface area contributed by atoms with Crippen molar-refractivity contribution in [3.63, 3.8) is 0 Å². The molecule has 0 radical (unpaired) electrons. The van der Waals surface area contributed by atoms with Crippen LogP contribution in [0.2, 0.25) is 5.02 Å². The molecular formula is C26H27BrClN3O4S. The van der Waals surface area contributed by atoms with Crippen LogP contribution >= 0.6 is 27.5 Å². The SMILES string of the molecule is CCNC(=O)[C@@H](C)N(Cc1cccc(Br)c1)C(=O)CN(c1ccccc1Cl)S(=O)(=O)c1ccccc1. The van der Waals surface area contributed by atoms with Gasteiger partial charge >= 0.3 is 0 Å². The van der Waals surface area contributed by atoms with Crippen LogP contribution in [-0.2, 0) is 26.2 Å². The Hall–Kier alpha value is -2.88. The van der Waals surface area contributed by atoms with Crippen molar-refractivity contribution < 1.29 is 18.0 Å². The normalized spacial score (nSPS) is 12.0. The number of carbonyl (C=O) groups excluding carboxylic acids is 2. The molecule has 0 saturated carbocycles. The van der Waals surface area contributed by atoms with Gasteiger partial charge in [-0.05, 0) is 55.8 Å². The zero-order valence-electron chi connectivity index (χ0n) is 19.9. The van der Waals surface area contributed by atoms with Crippen molar-refractivity contribution in [1.82, 2.24) is 10.2 Å². The Kier molecular flexibility index (Phi) is 9.53. The van der Waals surface area contributed by atoms with Gasteiger partial charge in [0.2, 0.25) is 11.8 Å². The lowest BCUT2D eigenvalue weighted by molar-refractivity contribution is -0.139. The van der Waals surface area contributed by atoms with Crippen LogP contribution in [-0.4, -0.2) is 44.3 Å². The molecule has 3 rings (SSSR count). The van der Waals surface area contributed by atoms with Crippen LogP contribution in [0.25, 0.3) is 0 Å². The van der Waals surface area contributed by atoms with E-state index in [9.17, 15) is 18.0 Å². The lowest BCUT2D eigenvalue weighted by Gasteiger charge is -2.32. The van der Waals surface area contributed by atoms with Crippen molar-refractivity contribution in [3.05, 3.63) is 93.9 Å². The summed E-state index contributed by atoms with van der Waals surface area (Å²) >= 11 is 9.80. The third-order valence-electron chi connectivity index (χ3n) is 5.49. The van der Waals surface area contributed by atoms with Gasteiger partial charge in [0.1, 0.15) is 12.6 Å². The maximum absolute atomic E-state index is 13.7. The Morgan fingerprint density at radius 2 is 1.67 bits per heavy atom. The average Bonchev–Trinajstić information content (AvgIpc) is 2.86. The second-order valence-corrected chi connectivity index (χ2v) is 11.2. The largest absolute Gasteiger partial charge is 0.355 e. The van der Waals surface area contributed by atoms with Gasteiger partial charge < -0.3 is 10.2 Å². The fourth-order valence-electron chi connectivity index (χ4n) is 3.62. The molecule has 3 aromatic carbocycles. The summed E-state index contributed by atoms with van der Waals surface area (Å²) in [7, 11) is -4.15. The molecule has 0 aliphatic heterocycles. The summed E-state index contributed by atoms with van der Waals surface area (Å²) in [6.07, 6.45) is 0. The summed E-state index contributed by atoms with van der Waals surface area (Å²) in [5, 5.41) is 2.91. The molecule has 190 valence electrons. The zero-order chi connectivity index (χ0) is 26.3. The van der Waals surface area contributed by atoms with Gasteiger partial charge in [0.05, 0.1) is 15.6 Å². The smallest absolute Gasteiger partial charge is 0.264 e. The number of nitrogens with one attached hydrogen (secondary N) is 1. The highest BCUT2D eigenvalue weighted by Crippen LogP contribution is 2.30. The molecule has 0 unspecified atom stereocenters. The van der Waals surface area contributed by atoms with Gasteiger partial charge in [0, 0.05) is 17.6 Å². The van der Waals surface area contributed by atoms with Gasteiger partial charge in [-0.25, -0.2) is 8.42 Å². The second kappa shape index (κ2) is 12.4. The molecule has 3 aromatic rings. The number of rotatable bonds is 10. The topological polar surface area (TPSA) is 86.8 Å². The van der Waals surface area contributed by atoms with E-state index in [-0.39, 0.29) is 28.1 Å². The maximum atomic E-state index is 13.7. The van der Waals surface area contributed by atoms with E-state index < -0.39 is 28.5 Å². The zero-order valence-corrected chi connectivity index (χ0v) is 23.1. The molecule has 0 spiro atoms. The number of benzene rings is 3. The first kappa shape index (κ1) is 27.7. The van der Waals surface area contributed by atoms with Crippen molar-refractivity contribution in [3.8, 4) is 0 Å². The van der Waals surface area contributed by atoms with E-state index in [1.54, 1.807) is 56.3 Å². The summed E-state index contributed by atoms with van der Waals surface area (Å²) in [5.74, 6) is -0.885. The third kappa shape index (κ3) is 6.66. The van der Waals surface area contributed by atoms with Crippen LogP contribution < -0.4 is 9.62 Å². The fraction of sp³-hybridized carbons (Fsp3) is 0.231. The minimum absolute atomic E-state index is 0.0213. The van der Waals surface area contributed by atoms with Crippen LogP contribution in [0.1, 0.15) is 19.4 Å². The molecule has 0 fully saturated rings. The van der Waals surface area contributed by atoms with E-state index in [4.69, 9.17) is 11.6 Å². The first-order chi connectivity index (χ1) is 17.1. The number of sulfonamides is 1. The summed E-state index contributed by atoms with van der Waals surface area (Å²) < 4.78 is 29.1. The molecule has 0 saturated heterocycles. The summed E-state index contributed by atoms with van der Waals surface area (Å²) in [6, 6.07) is 20.8. The lowest BCUT2D eigenvalue weighted by Crippen LogP contribution is -2.51. The molecular weight excluding hydrogens is 566 g/mol. The van der Waals surface area contributed by atoms with Gasteiger partial charge in [-0.1, -0.05) is 70.0 Å². The van der Waals surface area contributed by atoms with E-state index in [0.29, 0.717) is 6.54 Å². The van der Waals surface area contributed by atoms with Crippen molar-refractivity contribution >= 4 is 55.1 Å². The van der Waals surface area contributed by atoms with Crippen molar-refractivity contribution in [2.45, 2.75) is 31.3 Å². The molecule has 0 heterocycles. The van der Waals surface area contributed by atoms with Crippen LogP contribution in [0.3, 0.4) is 0 Å². The number of nitrogens with zero attached hydrogens (tertiary/aromatic N) is 2. The minimum Gasteiger partial charge on any atom is -0.355 e. The molecule has 0 bridgehead atoms. The van der Waals surface area contributed by atoms with Gasteiger partial charge in [0.15, 0.2) is 0 Å². The number of anilines is 1. The molecule has 2 amide bonds. The molecule has 0 aliphatic rings. The summed E-state index contributed by atoms with van der Waals surface area (Å²) in [4.78, 5) is 27.8. The molecule has 7 nitrogen and oxygen atoms in total. The highest BCUT2D eigenvalue weighted by atomic mass is 79.9. The first-order valence-corrected chi connectivity index (χ1v) is 13.9. The quantitative estimate of drug-likeness (QED) is 0.365. The van der Waals surface area contributed by atoms with Gasteiger partial charge in [-0.3, -0.25) is 13.9 Å². The number of halogens is 2. The molecule has 1 N–H and O–H groups in total. The van der Waals surface area contributed by atoms with Crippen LogP contribution in [0.5, 0.6) is 0 Å². The maximum Gasteiger partial charge on any atom is 0.264 e. The van der Waals surface area contributed by atoms with Crippen LogP contribution in [0, 0.1) is 0 Å². The Balaban J connectivity index is 2.03. The average molecular weight is 593 g/mol. The Morgan fingerprint density at radius 3 is 2.31 bits per heavy atom. The van der Waals surface area contributed by atoms with Gasteiger partial charge in [-0.2, -0.15) is 0 Å². The Morgan fingerprint density at radius 1 is 1.00 bits per heavy atom. The predicted octanol–water partition coefficient (Wildman–Crippen LogP) is 4.85. The van der Waals surface area contributed by atoms with Crippen LogP contribution in [0.4, 0.5) is 5.69 Å². The first-order valence-electron chi connectivity index (χ1n) is 11.3. The molecule has 10 heteroatoms.